The van der Waals surface area contributed by atoms with Gasteiger partial charge in [0.2, 0.25) is 5.91 Å². The lowest BCUT2D eigenvalue weighted by Crippen LogP contribution is -2.53. The fraction of sp³-hybridized carbons (Fsp3) is 0.917. The summed E-state index contributed by atoms with van der Waals surface area (Å²) in [5.41, 5.74) is 5.48. The number of hydrogen-bond acceptors (Lipinski definition) is 2. The lowest BCUT2D eigenvalue weighted by Gasteiger charge is -2.41. The number of amides is 1. The Kier molecular flexibility index (Phi) is 3.29. The highest BCUT2D eigenvalue weighted by molar-refractivity contribution is 5.79. The van der Waals surface area contributed by atoms with Crippen molar-refractivity contribution in [2.24, 2.45) is 11.7 Å². The monoisotopic (exact) mass is 210 g/mol. The smallest absolute Gasteiger partial charge is 0.234 e. The number of rotatable bonds is 3. The molecule has 0 aromatic carbocycles. The van der Waals surface area contributed by atoms with Gasteiger partial charge in [-0.1, -0.05) is 13.3 Å². The van der Waals surface area contributed by atoms with E-state index >= 15 is 0 Å². The van der Waals surface area contributed by atoms with Crippen LogP contribution in [0.15, 0.2) is 0 Å². The van der Waals surface area contributed by atoms with Gasteiger partial charge in [0, 0.05) is 6.04 Å². The molecule has 1 amide bonds. The molecule has 86 valence electrons. The van der Waals surface area contributed by atoms with Crippen molar-refractivity contribution < 1.29 is 4.79 Å². The Balaban J connectivity index is 2.09. The SMILES string of the molecule is CCC(C(N)=O)N1CCCC2CCCC21. The summed E-state index contributed by atoms with van der Waals surface area (Å²) >= 11 is 0. The van der Waals surface area contributed by atoms with Crippen molar-refractivity contribution in [1.82, 2.24) is 4.90 Å². The highest BCUT2D eigenvalue weighted by Crippen LogP contribution is 2.37. The van der Waals surface area contributed by atoms with E-state index in [2.05, 4.69) is 11.8 Å². The first-order valence-corrected chi connectivity index (χ1v) is 6.29. The summed E-state index contributed by atoms with van der Waals surface area (Å²) in [5, 5.41) is 0. The van der Waals surface area contributed by atoms with Crippen LogP contribution in [-0.4, -0.2) is 29.4 Å². The van der Waals surface area contributed by atoms with E-state index in [4.69, 9.17) is 5.73 Å². The highest BCUT2D eigenvalue weighted by Gasteiger charge is 2.38. The molecular weight excluding hydrogens is 188 g/mol. The summed E-state index contributed by atoms with van der Waals surface area (Å²) in [6.07, 6.45) is 7.42. The Bertz CT molecular complexity index is 242. The van der Waals surface area contributed by atoms with Crippen LogP contribution < -0.4 is 5.73 Å². The second-order valence-corrected chi connectivity index (χ2v) is 4.96. The van der Waals surface area contributed by atoms with E-state index < -0.39 is 0 Å². The highest BCUT2D eigenvalue weighted by atomic mass is 16.1. The molecule has 2 N–H and O–H groups in total. The lowest BCUT2D eigenvalue weighted by atomic mass is 9.90. The molecule has 3 atom stereocenters. The van der Waals surface area contributed by atoms with Gasteiger partial charge in [-0.05, 0) is 44.6 Å². The number of hydrogen-bond donors (Lipinski definition) is 1. The molecule has 2 aliphatic rings. The third-order valence-electron chi connectivity index (χ3n) is 4.15. The minimum absolute atomic E-state index is 0.0177. The molecule has 0 spiro atoms. The van der Waals surface area contributed by atoms with Crippen molar-refractivity contribution >= 4 is 5.91 Å². The summed E-state index contributed by atoms with van der Waals surface area (Å²) in [6, 6.07) is 0.632. The molecule has 1 heterocycles. The van der Waals surface area contributed by atoms with Crippen LogP contribution in [0.5, 0.6) is 0 Å². The molecular formula is C12H22N2O. The summed E-state index contributed by atoms with van der Waals surface area (Å²) in [5.74, 6) is 0.706. The third-order valence-corrected chi connectivity index (χ3v) is 4.15. The number of carbonyl (C=O) groups excluding carboxylic acids is 1. The zero-order valence-electron chi connectivity index (χ0n) is 9.61. The van der Waals surface area contributed by atoms with E-state index in [9.17, 15) is 4.79 Å². The number of nitrogens with two attached hydrogens (primary N) is 1. The fourth-order valence-electron chi connectivity index (χ4n) is 3.48. The summed E-state index contributed by atoms with van der Waals surface area (Å²) < 4.78 is 0. The van der Waals surface area contributed by atoms with Crippen LogP contribution in [0.4, 0.5) is 0 Å². The van der Waals surface area contributed by atoms with Crippen LogP contribution in [0.25, 0.3) is 0 Å². The number of carbonyl (C=O) groups is 1. The number of fused-ring (bicyclic) bond motifs is 1. The van der Waals surface area contributed by atoms with Crippen molar-refractivity contribution in [3.63, 3.8) is 0 Å². The zero-order valence-corrected chi connectivity index (χ0v) is 9.61. The van der Waals surface area contributed by atoms with Gasteiger partial charge < -0.3 is 5.73 Å². The number of likely N-dealkylation sites (tertiary alicyclic amines) is 1. The number of nitrogens with zero attached hydrogens (tertiary/aromatic N) is 1. The predicted molar refractivity (Wildman–Crippen MR) is 60.3 cm³/mol. The Morgan fingerprint density at radius 1 is 1.40 bits per heavy atom. The van der Waals surface area contributed by atoms with Gasteiger partial charge in [-0.3, -0.25) is 9.69 Å². The molecule has 1 aliphatic heterocycles. The second-order valence-electron chi connectivity index (χ2n) is 4.96. The molecule has 1 aliphatic carbocycles. The van der Waals surface area contributed by atoms with Gasteiger partial charge in [0.25, 0.3) is 0 Å². The molecule has 1 saturated heterocycles. The fourth-order valence-corrected chi connectivity index (χ4v) is 3.48. The van der Waals surface area contributed by atoms with Crippen LogP contribution in [0.3, 0.4) is 0 Å². The predicted octanol–water partition coefficient (Wildman–Crippen LogP) is 1.51. The minimum Gasteiger partial charge on any atom is -0.368 e. The number of piperidine rings is 1. The van der Waals surface area contributed by atoms with Crippen molar-refractivity contribution in [2.45, 2.75) is 57.5 Å². The van der Waals surface area contributed by atoms with Gasteiger partial charge in [0.05, 0.1) is 6.04 Å². The molecule has 2 fully saturated rings. The standard InChI is InChI=1S/C12H22N2O/c1-2-10(12(13)15)14-8-4-6-9-5-3-7-11(9)14/h9-11H,2-8H2,1H3,(H2,13,15). The van der Waals surface area contributed by atoms with Crippen molar-refractivity contribution in [3.8, 4) is 0 Å². The Labute approximate surface area is 92.0 Å². The molecule has 3 nitrogen and oxygen atoms in total. The molecule has 15 heavy (non-hydrogen) atoms. The van der Waals surface area contributed by atoms with Crippen LogP contribution >= 0.6 is 0 Å². The third kappa shape index (κ3) is 2.03. The minimum atomic E-state index is -0.134. The van der Waals surface area contributed by atoms with Crippen molar-refractivity contribution in [3.05, 3.63) is 0 Å². The van der Waals surface area contributed by atoms with E-state index in [0.717, 1.165) is 18.9 Å². The second kappa shape index (κ2) is 4.52. The average Bonchev–Trinajstić information content (AvgIpc) is 2.66. The van der Waals surface area contributed by atoms with Crippen molar-refractivity contribution in [1.29, 1.82) is 0 Å². The first kappa shape index (κ1) is 10.9. The molecule has 0 radical (unpaired) electrons. The average molecular weight is 210 g/mol. The van der Waals surface area contributed by atoms with E-state index in [-0.39, 0.29) is 11.9 Å². The maximum Gasteiger partial charge on any atom is 0.234 e. The van der Waals surface area contributed by atoms with Gasteiger partial charge in [-0.2, -0.15) is 0 Å². The first-order chi connectivity index (χ1) is 7.24. The molecule has 0 aromatic heterocycles. The van der Waals surface area contributed by atoms with Crippen molar-refractivity contribution in [2.75, 3.05) is 6.54 Å². The normalized spacial score (nSPS) is 33.7. The van der Waals surface area contributed by atoms with Gasteiger partial charge in [0.1, 0.15) is 0 Å². The van der Waals surface area contributed by atoms with Gasteiger partial charge in [0.15, 0.2) is 0 Å². The summed E-state index contributed by atoms with van der Waals surface area (Å²) in [4.78, 5) is 13.8. The quantitative estimate of drug-likeness (QED) is 0.767. The topological polar surface area (TPSA) is 46.3 Å². The summed E-state index contributed by atoms with van der Waals surface area (Å²) in [7, 11) is 0. The molecule has 2 rings (SSSR count). The van der Waals surface area contributed by atoms with E-state index in [1.54, 1.807) is 0 Å². The van der Waals surface area contributed by atoms with Gasteiger partial charge in [-0.25, -0.2) is 0 Å². The zero-order chi connectivity index (χ0) is 10.8. The Morgan fingerprint density at radius 2 is 2.13 bits per heavy atom. The number of primary amides is 1. The van der Waals surface area contributed by atoms with Crippen LogP contribution in [0.2, 0.25) is 0 Å². The van der Waals surface area contributed by atoms with E-state index in [1.807, 2.05) is 0 Å². The molecule has 0 bridgehead atoms. The molecule has 0 aromatic rings. The molecule has 3 heteroatoms. The van der Waals surface area contributed by atoms with Crippen LogP contribution in [0.1, 0.15) is 45.4 Å². The molecule has 1 saturated carbocycles. The van der Waals surface area contributed by atoms with Crippen LogP contribution in [0, 0.1) is 5.92 Å². The van der Waals surface area contributed by atoms with Gasteiger partial charge >= 0.3 is 0 Å². The maximum atomic E-state index is 11.4. The maximum absolute atomic E-state index is 11.4. The van der Waals surface area contributed by atoms with Gasteiger partial charge in [-0.15, -0.1) is 0 Å². The Hall–Kier alpha value is -0.570. The molecule has 3 unspecified atom stereocenters. The largest absolute Gasteiger partial charge is 0.368 e. The van der Waals surface area contributed by atoms with Crippen LogP contribution in [-0.2, 0) is 4.79 Å². The Morgan fingerprint density at radius 3 is 2.80 bits per heavy atom. The van der Waals surface area contributed by atoms with E-state index in [1.165, 1.54) is 32.1 Å². The van der Waals surface area contributed by atoms with E-state index in [0.29, 0.717) is 6.04 Å². The summed E-state index contributed by atoms with van der Waals surface area (Å²) in [6.45, 7) is 3.14. The lowest BCUT2D eigenvalue weighted by molar-refractivity contribution is -0.125. The first-order valence-electron chi connectivity index (χ1n) is 6.29.